The van der Waals surface area contributed by atoms with E-state index in [1.54, 1.807) is 36.4 Å². The van der Waals surface area contributed by atoms with E-state index in [0.717, 1.165) is 5.56 Å². The number of anilines is 1. The first-order valence-corrected chi connectivity index (χ1v) is 8.90. The summed E-state index contributed by atoms with van der Waals surface area (Å²) in [5.41, 5.74) is 2.38. The average Bonchev–Trinajstić information content (AvgIpc) is 2.63. The maximum absolute atomic E-state index is 12.7. The van der Waals surface area contributed by atoms with Gasteiger partial charge in [0.15, 0.2) is 11.5 Å². The van der Waals surface area contributed by atoms with Crippen LogP contribution in [-0.2, 0) is 0 Å². The van der Waals surface area contributed by atoms with Gasteiger partial charge in [-0.25, -0.2) is 0 Å². The Balaban J connectivity index is 2.24. The molecule has 0 unspecified atom stereocenters. The Morgan fingerprint density at radius 1 is 1.00 bits per heavy atom. The second kappa shape index (κ2) is 9.07. The minimum absolute atomic E-state index is 0.00164. The summed E-state index contributed by atoms with van der Waals surface area (Å²) in [7, 11) is 1.53. The molecule has 0 aliphatic carbocycles. The molecule has 0 aliphatic rings. The van der Waals surface area contributed by atoms with Crippen molar-refractivity contribution in [3.63, 3.8) is 0 Å². The first-order chi connectivity index (χ1) is 12.8. The number of carbonyl (C=O) groups excluding carboxylic acids is 2. The molecule has 2 aromatic carbocycles. The highest BCUT2D eigenvalue weighted by Gasteiger charge is 2.14. The molecule has 0 radical (unpaired) electrons. The van der Waals surface area contributed by atoms with Crippen molar-refractivity contribution in [3.8, 4) is 11.5 Å². The highest BCUT2D eigenvalue weighted by Crippen LogP contribution is 2.29. The van der Waals surface area contributed by atoms with Gasteiger partial charge in [-0.1, -0.05) is 6.07 Å². The van der Waals surface area contributed by atoms with Gasteiger partial charge in [0.2, 0.25) is 0 Å². The maximum Gasteiger partial charge on any atom is 0.255 e. The number of nitrogens with one attached hydrogen (secondary N) is 2. The van der Waals surface area contributed by atoms with Crippen molar-refractivity contribution >= 4 is 17.5 Å². The summed E-state index contributed by atoms with van der Waals surface area (Å²) >= 11 is 0. The molecular weight excluding hydrogens is 344 g/mol. The zero-order chi connectivity index (χ0) is 20.0. The minimum Gasteiger partial charge on any atom is -0.493 e. The van der Waals surface area contributed by atoms with E-state index < -0.39 is 0 Å². The molecule has 0 bridgehead atoms. The predicted molar refractivity (Wildman–Crippen MR) is 106 cm³/mol. The second-order valence-corrected chi connectivity index (χ2v) is 6.38. The van der Waals surface area contributed by atoms with Crippen molar-refractivity contribution in [3.05, 3.63) is 53.1 Å². The predicted octanol–water partition coefficient (Wildman–Crippen LogP) is 3.79. The molecule has 0 aliphatic heterocycles. The fourth-order valence-corrected chi connectivity index (χ4v) is 2.52. The van der Waals surface area contributed by atoms with Crippen molar-refractivity contribution in [2.24, 2.45) is 0 Å². The van der Waals surface area contributed by atoms with Crippen LogP contribution in [0.5, 0.6) is 11.5 Å². The molecule has 2 rings (SSSR count). The number of ether oxygens (including phenoxy) is 2. The lowest BCUT2D eigenvalue weighted by Crippen LogP contribution is -2.23. The Bertz CT molecular complexity index is 831. The van der Waals surface area contributed by atoms with E-state index >= 15 is 0 Å². The van der Waals surface area contributed by atoms with E-state index in [0.29, 0.717) is 34.9 Å². The van der Waals surface area contributed by atoms with Crippen molar-refractivity contribution in [1.82, 2.24) is 5.32 Å². The lowest BCUT2D eigenvalue weighted by atomic mass is 10.1. The molecule has 27 heavy (non-hydrogen) atoms. The number of methoxy groups -OCH3 is 1. The van der Waals surface area contributed by atoms with Crippen molar-refractivity contribution in [1.29, 1.82) is 0 Å². The molecule has 0 fully saturated rings. The van der Waals surface area contributed by atoms with Gasteiger partial charge >= 0.3 is 0 Å². The van der Waals surface area contributed by atoms with Crippen LogP contribution in [-0.4, -0.2) is 31.6 Å². The van der Waals surface area contributed by atoms with Crippen LogP contribution >= 0.6 is 0 Å². The number of aryl methyl sites for hydroxylation is 1. The second-order valence-electron chi connectivity index (χ2n) is 6.38. The molecule has 0 saturated carbocycles. The smallest absolute Gasteiger partial charge is 0.255 e. The van der Waals surface area contributed by atoms with Crippen LogP contribution in [0.1, 0.15) is 47.1 Å². The van der Waals surface area contributed by atoms with Gasteiger partial charge in [0.1, 0.15) is 0 Å². The number of carbonyl (C=O) groups is 2. The molecule has 6 nitrogen and oxygen atoms in total. The molecular formula is C21H26N2O4. The zero-order valence-corrected chi connectivity index (χ0v) is 16.4. The lowest BCUT2D eigenvalue weighted by Gasteiger charge is -2.15. The van der Waals surface area contributed by atoms with Gasteiger partial charge < -0.3 is 20.1 Å². The monoisotopic (exact) mass is 370 g/mol. The van der Waals surface area contributed by atoms with Gasteiger partial charge in [0.25, 0.3) is 11.8 Å². The molecule has 0 saturated heterocycles. The van der Waals surface area contributed by atoms with Crippen molar-refractivity contribution in [2.75, 3.05) is 19.0 Å². The molecule has 0 aromatic heterocycles. The van der Waals surface area contributed by atoms with E-state index in [-0.39, 0.29) is 17.9 Å². The van der Waals surface area contributed by atoms with Crippen LogP contribution in [0.2, 0.25) is 0 Å². The highest BCUT2D eigenvalue weighted by atomic mass is 16.5. The van der Waals surface area contributed by atoms with E-state index in [1.165, 1.54) is 7.11 Å². The Morgan fingerprint density at radius 2 is 1.67 bits per heavy atom. The highest BCUT2D eigenvalue weighted by molar-refractivity contribution is 6.06. The first-order valence-electron chi connectivity index (χ1n) is 8.90. The molecule has 2 aromatic rings. The third-order valence-electron chi connectivity index (χ3n) is 3.87. The molecule has 0 atom stereocenters. The summed E-state index contributed by atoms with van der Waals surface area (Å²) in [6.07, 6.45) is -0.00164. The van der Waals surface area contributed by atoms with Crippen LogP contribution < -0.4 is 20.1 Å². The van der Waals surface area contributed by atoms with Crippen LogP contribution in [0.3, 0.4) is 0 Å². The van der Waals surface area contributed by atoms with Gasteiger partial charge in [0, 0.05) is 23.4 Å². The third kappa shape index (κ3) is 5.23. The van der Waals surface area contributed by atoms with E-state index in [2.05, 4.69) is 10.6 Å². The molecule has 144 valence electrons. The third-order valence-corrected chi connectivity index (χ3v) is 3.87. The Labute approximate surface area is 159 Å². The quantitative estimate of drug-likeness (QED) is 0.777. The number of rotatable bonds is 7. The summed E-state index contributed by atoms with van der Waals surface area (Å²) in [4.78, 5) is 24.7. The van der Waals surface area contributed by atoms with Gasteiger partial charge in [-0.3, -0.25) is 9.59 Å². The topological polar surface area (TPSA) is 76.7 Å². The van der Waals surface area contributed by atoms with Gasteiger partial charge in [-0.2, -0.15) is 0 Å². The van der Waals surface area contributed by atoms with Gasteiger partial charge in [-0.15, -0.1) is 0 Å². The number of hydrogen-bond donors (Lipinski definition) is 2. The van der Waals surface area contributed by atoms with Crippen LogP contribution in [0.15, 0.2) is 36.4 Å². The fraction of sp³-hybridized carbons (Fsp3) is 0.333. The normalized spacial score (nSPS) is 10.4. The minimum atomic E-state index is -0.291. The summed E-state index contributed by atoms with van der Waals surface area (Å²) in [5.74, 6) is 0.605. The fourth-order valence-electron chi connectivity index (χ4n) is 2.52. The number of benzene rings is 2. The molecule has 2 N–H and O–H groups in total. The van der Waals surface area contributed by atoms with Crippen LogP contribution in [0.25, 0.3) is 0 Å². The summed E-state index contributed by atoms with van der Waals surface area (Å²) in [6, 6.07) is 10.2. The Kier molecular flexibility index (Phi) is 6.82. The molecule has 0 heterocycles. The van der Waals surface area contributed by atoms with Gasteiger partial charge in [-0.05, 0) is 63.6 Å². The lowest BCUT2D eigenvalue weighted by molar-refractivity contribution is 0.0954. The summed E-state index contributed by atoms with van der Waals surface area (Å²) < 4.78 is 11.0. The molecule has 6 heteroatoms. The van der Waals surface area contributed by atoms with E-state index in [9.17, 15) is 9.59 Å². The van der Waals surface area contributed by atoms with Crippen LogP contribution in [0.4, 0.5) is 5.69 Å². The van der Waals surface area contributed by atoms with E-state index in [1.807, 2.05) is 27.7 Å². The van der Waals surface area contributed by atoms with Gasteiger partial charge in [0.05, 0.1) is 13.2 Å². The van der Waals surface area contributed by atoms with Crippen molar-refractivity contribution < 1.29 is 19.1 Å². The van der Waals surface area contributed by atoms with E-state index in [4.69, 9.17) is 9.47 Å². The van der Waals surface area contributed by atoms with Crippen molar-refractivity contribution in [2.45, 2.75) is 33.8 Å². The Hall–Kier alpha value is -3.02. The maximum atomic E-state index is 12.7. The Morgan fingerprint density at radius 3 is 2.30 bits per heavy atom. The first kappa shape index (κ1) is 20.3. The zero-order valence-electron chi connectivity index (χ0n) is 16.4. The SMILES string of the molecule is CCNC(=O)c1ccc(C)c(NC(=O)c2ccc(OC(C)C)c(OC)c2)c1. The standard InChI is InChI=1S/C21H26N2O4/c1-6-22-20(24)15-8-7-14(4)17(11-15)23-21(25)16-9-10-18(27-13(2)3)19(12-16)26-5/h7-13H,6H2,1-5H3,(H,22,24)(H,23,25). The largest absolute Gasteiger partial charge is 0.493 e. The average molecular weight is 370 g/mol. The summed E-state index contributed by atoms with van der Waals surface area (Å²) in [5, 5.41) is 5.61. The van der Waals surface area contributed by atoms with Crippen LogP contribution in [0, 0.1) is 6.92 Å². The summed E-state index contributed by atoms with van der Waals surface area (Å²) in [6.45, 7) is 8.11. The number of amides is 2. The molecule has 2 amide bonds. The molecule has 0 spiro atoms. The number of hydrogen-bond acceptors (Lipinski definition) is 4.